The zero-order valence-corrected chi connectivity index (χ0v) is 19.4. The van der Waals surface area contributed by atoms with Crippen LogP contribution in [0.5, 0.6) is 0 Å². The smallest absolute Gasteiger partial charge is 0.191 e. The van der Waals surface area contributed by atoms with Crippen molar-refractivity contribution in [1.82, 2.24) is 10.6 Å². The highest BCUT2D eigenvalue weighted by atomic mass is 127. The normalized spacial score (nSPS) is 11.6. The Morgan fingerprint density at radius 3 is 2.33 bits per heavy atom. The molecule has 0 aliphatic rings. The molecule has 5 nitrogen and oxygen atoms in total. The second-order valence-electron chi connectivity index (χ2n) is 6.35. The van der Waals surface area contributed by atoms with Crippen LogP contribution in [0.4, 0.5) is 0 Å². The van der Waals surface area contributed by atoms with Crippen molar-refractivity contribution < 1.29 is 8.42 Å². The molecule has 2 rings (SSSR count). The van der Waals surface area contributed by atoms with E-state index in [1.807, 2.05) is 38.1 Å². The lowest BCUT2D eigenvalue weighted by atomic mass is 10.1. The number of sulfone groups is 1. The van der Waals surface area contributed by atoms with Crippen LogP contribution in [-0.4, -0.2) is 27.2 Å². The predicted molar refractivity (Wildman–Crippen MR) is 123 cm³/mol. The quantitative estimate of drug-likeness (QED) is 0.361. The van der Waals surface area contributed by atoms with E-state index in [4.69, 9.17) is 0 Å². The minimum absolute atomic E-state index is 0. The van der Waals surface area contributed by atoms with Crippen LogP contribution >= 0.6 is 24.0 Å². The van der Waals surface area contributed by atoms with Crippen molar-refractivity contribution in [3.05, 3.63) is 64.7 Å². The van der Waals surface area contributed by atoms with Gasteiger partial charge in [-0.15, -0.1) is 24.0 Å². The number of hydrogen-bond acceptors (Lipinski definition) is 3. The molecule has 27 heavy (non-hydrogen) atoms. The topological polar surface area (TPSA) is 70.6 Å². The van der Waals surface area contributed by atoms with Crippen LogP contribution in [0, 0.1) is 13.8 Å². The molecular weight excluding hydrogens is 473 g/mol. The maximum atomic E-state index is 11.7. The second kappa shape index (κ2) is 10.7. The fraction of sp³-hybridized carbons (Fsp3) is 0.350. The predicted octanol–water partition coefficient (Wildman–Crippen LogP) is 3.58. The number of aryl methyl sites for hydroxylation is 2. The molecule has 0 atom stereocenters. The molecule has 0 aliphatic carbocycles. The molecule has 0 radical (unpaired) electrons. The average molecular weight is 501 g/mol. The average Bonchev–Trinajstić information content (AvgIpc) is 2.57. The van der Waals surface area contributed by atoms with Gasteiger partial charge < -0.3 is 10.6 Å². The number of rotatable bonds is 6. The van der Waals surface area contributed by atoms with Gasteiger partial charge in [0.05, 0.1) is 11.4 Å². The summed E-state index contributed by atoms with van der Waals surface area (Å²) >= 11 is 0. The fourth-order valence-corrected chi connectivity index (χ4v) is 3.68. The number of nitrogens with zero attached hydrogens (tertiary/aromatic N) is 1. The number of halogens is 1. The molecule has 0 saturated carbocycles. The zero-order chi connectivity index (χ0) is 19.2. The van der Waals surface area contributed by atoms with Crippen molar-refractivity contribution in [2.45, 2.75) is 38.8 Å². The summed E-state index contributed by atoms with van der Waals surface area (Å²) in [4.78, 5) is 4.98. The molecule has 2 N–H and O–H groups in total. The van der Waals surface area contributed by atoms with Gasteiger partial charge in [-0.3, -0.25) is 0 Å². The maximum absolute atomic E-state index is 11.7. The number of benzene rings is 2. The summed E-state index contributed by atoms with van der Waals surface area (Å²) in [6, 6.07) is 13.6. The molecular formula is C20H28IN3O2S. The second-order valence-corrected chi connectivity index (χ2v) is 8.33. The lowest BCUT2D eigenvalue weighted by molar-refractivity contribution is 0.601. The third kappa shape index (κ3) is 7.14. The van der Waals surface area contributed by atoms with Gasteiger partial charge >= 0.3 is 0 Å². The van der Waals surface area contributed by atoms with E-state index in [0.29, 0.717) is 18.0 Å². The first-order valence-electron chi connectivity index (χ1n) is 8.67. The molecule has 2 aromatic carbocycles. The van der Waals surface area contributed by atoms with Gasteiger partial charge in [-0.25, -0.2) is 13.4 Å². The summed E-state index contributed by atoms with van der Waals surface area (Å²) in [7, 11) is -3.19. The molecule has 0 aliphatic heterocycles. The van der Waals surface area contributed by atoms with Crippen molar-refractivity contribution in [3.8, 4) is 0 Å². The monoisotopic (exact) mass is 501 g/mol. The van der Waals surface area contributed by atoms with Crippen LogP contribution in [0.3, 0.4) is 0 Å². The van der Waals surface area contributed by atoms with Gasteiger partial charge in [-0.2, -0.15) is 0 Å². The van der Waals surface area contributed by atoms with E-state index in [1.54, 1.807) is 6.07 Å². The number of nitrogens with one attached hydrogen (secondary N) is 2. The molecule has 0 spiro atoms. The van der Waals surface area contributed by atoms with Gasteiger partial charge in [0.15, 0.2) is 15.8 Å². The van der Waals surface area contributed by atoms with Crippen LogP contribution in [0.2, 0.25) is 0 Å². The Bertz CT molecular complexity index is 896. The maximum Gasteiger partial charge on any atom is 0.191 e. The van der Waals surface area contributed by atoms with Gasteiger partial charge in [0.1, 0.15) is 0 Å². The first kappa shape index (κ1) is 23.4. The molecule has 0 unspecified atom stereocenters. The molecule has 148 valence electrons. The van der Waals surface area contributed by atoms with Crippen molar-refractivity contribution in [3.63, 3.8) is 0 Å². The number of aliphatic imine (C=N–C) groups is 1. The summed E-state index contributed by atoms with van der Waals surface area (Å²) in [5.74, 6) is 0.737. The Morgan fingerprint density at radius 1 is 1.04 bits per heavy atom. The summed E-state index contributed by atoms with van der Waals surface area (Å²) in [6.45, 7) is 7.87. The van der Waals surface area contributed by atoms with E-state index in [0.717, 1.165) is 23.6 Å². The van der Waals surface area contributed by atoms with Crippen molar-refractivity contribution >= 4 is 39.8 Å². The van der Waals surface area contributed by atoms with Crippen LogP contribution in [0.15, 0.2) is 52.4 Å². The third-order valence-electron chi connectivity index (χ3n) is 4.11. The summed E-state index contributed by atoms with van der Waals surface area (Å²) in [6.07, 6.45) is 1.23. The van der Waals surface area contributed by atoms with Gasteiger partial charge in [0.2, 0.25) is 0 Å². The summed E-state index contributed by atoms with van der Waals surface area (Å²) < 4.78 is 23.4. The van der Waals surface area contributed by atoms with Crippen molar-refractivity contribution in [2.24, 2.45) is 4.99 Å². The van der Waals surface area contributed by atoms with E-state index in [2.05, 4.69) is 34.7 Å². The van der Waals surface area contributed by atoms with Crippen LogP contribution in [0.25, 0.3) is 0 Å². The number of guanidine groups is 1. The minimum atomic E-state index is -3.19. The van der Waals surface area contributed by atoms with E-state index in [-0.39, 0.29) is 24.0 Å². The summed E-state index contributed by atoms with van der Waals surface area (Å²) in [5.41, 5.74) is 4.19. The van der Waals surface area contributed by atoms with Crippen molar-refractivity contribution in [1.29, 1.82) is 0 Å². The molecule has 0 bridgehead atoms. The lowest BCUT2D eigenvalue weighted by Crippen LogP contribution is -2.36. The Hall–Kier alpha value is -1.61. The highest BCUT2D eigenvalue weighted by Crippen LogP contribution is 2.17. The van der Waals surface area contributed by atoms with Crippen LogP contribution in [0.1, 0.15) is 29.2 Å². The Morgan fingerprint density at radius 2 is 1.74 bits per heavy atom. The highest BCUT2D eigenvalue weighted by Gasteiger charge is 2.10. The lowest BCUT2D eigenvalue weighted by Gasteiger charge is -2.13. The summed E-state index contributed by atoms with van der Waals surface area (Å²) in [5, 5.41) is 6.58. The molecule has 0 saturated heterocycles. The number of hydrogen-bond donors (Lipinski definition) is 2. The molecule has 2 aromatic rings. The highest BCUT2D eigenvalue weighted by molar-refractivity contribution is 14.0. The van der Waals surface area contributed by atoms with E-state index in [1.165, 1.54) is 17.4 Å². The Labute approximate surface area is 179 Å². The largest absolute Gasteiger partial charge is 0.357 e. The standard InChI is InChI=1S/C20H27N3O2S.HI/c1-5-21-20(23-14-18-9-7-6-8-15(18)2)22-13-17-10-11-19(16(3)12-17)26(4,24)25;/h6-12H,5,13-14H2,1-4H3,(H2,21,22,23);1H. The Kier molecular flexibility index (Phi) is 9.25. The SMILES string of the molecule is CCNC(=NCc1ccc(S(C)(=O)=O)c(C)c1)NCc1ccccc1C.I. The van der Waals surface area contributed by atoms with E-state index in [9.17, 15) is 8.42 Å². The minimum Gasteiger partial charge on any atom is -0.357 e. The van der Waals surface area contributed by atoms with Gasteiger partial charge in [0.25, 0.3) is 0 Å². The van der Waals surface area contributed by atoms with E-state index >= 15 is 0 Å². The Balaban J connectivity index is 0.00000364. The van der Waals surface area contributed by atoms with Gasteiger partial charge in [-0.1, -0.05) is 36.4 Å². The zero-order valence-electron chi connectivity index (χ0n) is 16.2. The van der Waals surface area contributed by atoms with Gasteiger partial charge in [-0.05, 0) is 49.1 Å². The van der Waals surface area contributed by atoms with Crippen LogP contribution in [-0.2, 0) is 22.9 Å². The van der Waals surface area contributed by atoms with Crippen LogP contribution < -0.4 is 10.6 Å². The third-order valence-corrected chi connectivity index (χ3v) is 5.37. The van der Waals surface area contributed by atoms with E-state index < -0.39 is 9.84 Å². The first-order chi connectivity index (χ1) is 12.3. The molecule has 0 fully saturated rings. The molecule has 0 aromatic heterocycles. The molecule has 7 heteroatoms. The fourth-order valence-electron chi connectivity index (χ4n) is 2.73. The molecule has 0 heterocycles. The van der Waals surface area contributed by atoms with Gasteiger partial charge in [0, 0.05) is 19.3 Å². The molecule has 0 amide bonds. The van der Waals surface area contributed by atoms with Crippen molar-refractivity contribution in [2.75, 3.05) is 12.8 Å². The first-order valence-corrected chi connectivity index (χ1v) is 10.6.